The average molecular weight is 272 g/mol. The van der Waals surface area contributed by atoms with Gasteiger partial charge in [-0.2, -0.15) is 0 Å². The number of rotatable bonds is 5. The van der Waals surface area contributed by atoms with Gasteiger partial charge in [-0.15, -0.1) is 0 Å². The van der Waals surface area contributed by atoms with Crippen molar-refractivity contribution >= 4 is 12.0 Å². The lowest BCUT2D eigenvalue weighted by atomic mass is 9.95. The summed E-state index contributed by atoms with van der Waals surface area (Å²) in [5, 5.41) is 14.5. The van der Waals surface area contributed by atoms with Gasteiger partial charge < -0.3 is 20.5 Å². The Hall–Kier alpha value is -1.30. The Morgan fingerprint density at radius 3 is 2.58 bits per heavy atom. The summed E-state index contributed by atoms with van der Waals surface area (Å²) in [7, 11) is 0. The molecule has 1 saturated heterocycles. The van der Waals surface area contributed by atoms with Crippen LogP contribution in [0, 0.1) is 5.92 Å². The van der Waals surface area contributed by atoms with Crippen molar-refractivity contribution in [3.63, 3.8) is 0 Å². The minimum Gasteiger partial charge on any atom is -0.480 e. The highest BCUT2D eigenvalue weighted by molar-refractivity contribution is 5.83. The number of amides is 2. The molecular formula is C13H24N2O4. The van der Waals surface area contributed by atoms with E-state index in [1.807, 2.05) is 27.7 Å². The van der Waals surface area contributed by atoms with Crippen molar-refractivity contribution in [2.24, 2.45) is 5.92 Å². The molecule has 0 bridgehead atoms. The maximum absolute atomic E-state index is 11.9. The summed E-state index contributed by atoms with van der Waals surface area (Å²) in [4.78, 5) is 23.1. The molecule has 1 rings (SSSR count). The topological polar surface area (TPSA) is 87.7 Å². The first-order valence-electron chi connectivity index (χ1n) is 6.73. The summed E-state index contributed by atoms with van der Waals surface area (Å²) < 4.78 is 5.43. The predicted molar refractivity (Wildman–Crippen MR) is 71.0 cm³/mol. The highest BCUT2D eigenvalue weighted by Gasteiger charge is 2.39. The molecule has 19 heavy (non-hydrogen) atoms. The molecule has 4 atom stereocenters. The lowest BCUT2D eigenvalue weighted by Gasteiger charge is -2.30. The number of hydrogen-bond donors (Lipinski definition) is 3. The molecule has 1 aliphatic heterocycles. The van der Waals surface area contributed by atoms with Crippen LogP contribution in [0.5, 0.6) is 0 Å². The molecule has 3 N–H and O–H groups in total. The molecule has 0 saturated carbocycles. The minimum atomic E-state index is -1.01. The first kappa shape index (κ1) is 15.8. The molecule has 1 heterocycles. The van der Waals surface area contributed by atoms with Crippen LogP contribution in [0.4, 0.5) is 4.79 Å². The van der Waals surface area contributed by atoms with Crippen LogP contribution in [0.1, 0.15) is 40.5 Å². The fourth-order valence-corrected chi connectivity index (χ4v) is 2.12. The number of carbonyl (C=O) groups is 2. The third-order valence-corrected chi connectivity index (χ3v) is 4.05. The monoisotopic (exact) mass is 272 g/mol. The summed E-state index contributed by atoms with van der Waals surface area (Å²) in [6.45, 7) is 8.11. The molecule has 2 amide bonds. The molecule has 0 aromatic heterocycles. The predicted octanol–water partition coefficient (Wildman–Crippen LogP) is 1.35. The molecule has 110 valence electrons. The number of nitrogens with one attached hydrogen (secondary N) is 2. The largest absolute Gasteiger partial charge is 0.480 e. The van der Waals surface area contributed by atoms with Gasteiger partial charge in [0.15, 0.2) is 0 Å². The van der Waals surface area contributed by atoms with Crippen molar-refractivity contribution in [1.29, 1.82) is 0 Å². The van der Waals surface area contributed by atoms with E-state index in [2.05, 4.69) is 10.6 Å². The Labute approximate surface area is 113 Å². The molecule has 0 radical (unpaired) electrons. The lowest BCUT2D eigenvalue weighted by Crippen LogP contribution is -2.57. The van der Waals surface area contributed by atoms with Crippen LogP contribution in [0.15, 0.2) is 0 Å². The number of urea groups is 1. The number of carbonyl (C=O) groups excluding carboxylic acids is 1. The van der Waals surface area contributed by atoms with Crippen LogP contribution in [0.3, 0.4) is 0 Å². The number of hydrogen-bond acceptors (Lipinski definition) is 3. The van der Waals surface area contributed by atoms with Crippen molar-refractivity contribution in [1.82, 2.24) is 10.6 Å². The van der Waals surface area contributed by atoms with Gasteiger partial charge in [0, 0.05) is 6.61 Å². The molecule has 0 spiro atoms. The van der Waals surface area contributed by atoms with Crippen LogP contribution in [0.25, 0.3) is 0 Å². The maximum atomic E-state index is 11.9. The summed E-state index contributed by atoms with van der Waals surface area (Å²) in [6, 6.07) is -1.32. The molecule has 6 heteroatoms. The van der Waals surface area contributed by atoms with Crippen LogP contribution < -0.4 is 10.6 Å². The zero-order valence-electron chi connectivity index (χ0n) is 12.0. The summed E-state index contributed by atoms with van der Waals surface area (Å²) in [5.41, 5.74) is -0.442. The maximum Gasteiger partial charge on any atom is 0.326 e. The summed E-state index contributed by atoms with van der Waals surface area (Å²) in [5.74, 6) is -1.13. The van der Waals surface area contributed by atoms with Gasteiger partial charge in [0.05, 0.1) is 11.6 Å². The molecule has 6 nitrogen and oxygen atoms in total. The normalized spacial score (nSPS) is 29.6. The van der Waals surface area contributed by atoms with Gasteiger partial charge in [0.1, 0.15) is 6.04 Å². The van der Waals surface area contributed by atoms with Crippen molar-refractivity contribution < 1.29 is 19.4 Å². The standard InChI is InChI=1S/C13H24N2O4/c1-5-8(2)10(11(16)17)14-12(18)15-13(4)6-7-19-9(13)3/h8-10H,5-7H2,1-4H3,(H,16,17)(H2,14,15,18). The first-order chi connectivity index (χ1) is 8.80. The Morgan fingerprint density at radius 2 is 2.16 bits per heavy atom. The summed E-state index contributed by atoms with van der Waals surface area (Å²) in [6.07, 6.45) is 1.33. The van der Waals surface area contributed by atoms with Crippen molar-refractivity contribution in [2.45, 2.75) is 58.2 Å². The second kappa shape index (κ2) is 6.23. The van der Waals surface area contributed by atoms with E-state index in [4.69, 9.17) is 9.84 Å². The van der Waals surface area contributed by atoms with Gasteiger partial charge in [0.2, 0.25) is 0 Å². The van der Waals surface area contributed by atoms with E-state index >= 15 is 0 Å². The van der Waals surface area contributed by atoms with Gasteiger partial charge in [0.25, 0.3) is 0 Å². The molecule has 0 aromatic rings. The third kappa shape index (κ3) is 3.83. The Kier molecular flexibility index (Phi) is 5.17. The second-order valence-electron chi connectivity index (χ2n) is 5.48. The van der Waals surface area contributed by atoms with Crippen LogP contribution >= 0.6 is 0 Å². The van der Waals surface area contributed by atoms with E-state index in [1.165, 1.54) is 0 Å². The minimum absolute atomic E-state index is 0.0786. The second-order valence-corrected chi connectivity index (χ2v) is 5.48. The van der Waals surface area contributed by atoms with Gasteiger partial charge in [-0.25, -0.2) is 9.59 Å². The van der Waals surface area contributed by atoms with Gasteiger partial charge in [-0.3, -0.25) is 0 Å². The van der Waals surface area contributed by atoms with Crippen molar-refractivity contribution in [3.8, 4) is 0 Å². The van der Waals surface area contributed by atoms with E-state index in [0.29, 0.717) is 13.0 Å². The van der Waals surface area contributed by atoms with Gasteiger partial charge in [-0.05, 0) is 26.2 Å². The van der Waals surface area contributed by atoms with Crippen LogP contribution in [-0.2, 0) is 9.53 Å². The number of carboxylic acids is 1. The molecular weight excluding hydrogens is 248 g/mol. The van der Waals surface area contributed by atoms with E-state index in [0.717, 1.165) is 6.42 Å². The Balaban J connectivity index is 2.60. The molecule has 4 unspecified atom stereocenters. The quantitative estimate of drug-likeness (QED) is 0.705. The van der Waals surface area contributed by atoms with Crippen molar-refractivity contribution in [2.75, 3.05) is 6.61 Å². The number of carboxylic acid groups (broad SMARTS) is 1. The van der Waals surface area contributed by atoms with E-state index in [9.17, 15) is 9.59 Å². The van der Waals surface area contributed by atoms with E-state index in [-0.39, 0.29) is 12.0 Å². The Bertz CT molecular complexity index is 348. The molecule has 0 aromatic carbocycles. The fourth-order valence-electron chi connectivity index (χ4n) is 2.12. The third-order valence-electron chi connectivity index (χ3n) is 4.05. The van der Waals surface area contributed by atoms with Gasteiger partial charge in [-0.1, -0.05) is 20.3 Å². The molecule has 0 aliphatic carbocycles. The zero-order chi connectivity index (χ0) is 14.6. The highest BCUT2D eigenvalue weighted by Crippen LogP contribution is 2.24. The number of aliphatic carboxylic acids is 1. The average Bonchev–Trinajstić information content (AvgIpc) is 2.65. The SMILES string of the molecule is CCC(C)C(NC(=O)NC1(C)CCOC1C)C(=O)O. The number of ether oxygens (including phenoxy) is 1. The van der Waals surface area contributed by atoms with E-state index in [1.54, 1.807) is 0 Å². The van der Waals surface area contributed by atoms with E-state index < -0.39 is 23.6 Å². The lowest BCUT2D eigenvalue weighted by molar-refractivity contribution is -0.140. The fraction of sp³-hybridized carbons (Fsp3) is 0.846. The zero-order valence-corrected chi connectivity index (χ0v) is 12.0. The first-order valence-corrected chi connectivity index (χ1v) is 6.73. The Morgan fingerprint density at radius 1 is 1.53 bits per heavy atom. The highest BCUT2D eigenvalue weighted by atomic mass is 16.5. The molecule has 1 aliphatic rings. The molecule has 1 fully saturated rings. The van der Waals surface area contributed by atoms with Gasteiger partial charge >= 0.3 is 12.0 Å². The smallest absolute Gasteiger partial charge is 0.326 e. The summed E-state index contributed by atoms with van der Waals surface area (Å²) >= 11 is 0. The van der Waals surface area contributed by atoms with Crippen molar-refractivity contribution in [3.05, 3.63) is 0 Å². The van der Waals surface area contributed by atoms with Crippen LogP contribution in [0.2, 0.25) is 0 Å². The van der Waals surface area contributed by atoms with Crippen LogP contribution in [-0.4, -0.2) is 41.4 Å².